The molecule has 0 saturated carbocycles. The van der Waals surface area contributed by atoms with Crippen molar-refractivity contribution in [2.45, 2.75) is 13.5 Å². The lowest BCUT2D eigenvalue weighted by Gasteiger charge is -2.14. The van der Waals surface area contributed by atoms with Gasteiger partial charge >= 0.3 is 0 Å². The van der Waals surface area contributed by atoms with Crippen molar-refractivity contribution < 1.29 is 9.53 Å². The SMILES string of the molecule is Cc1cc(Cl)cc(-c2[nH]ncc2C=O)c1OCc1ccccc1. The fourth-order valence-electron chi connectivity index (χ4n) is 2.44. The van der Waals surface area contributed by atoms with Crippen LogP contribution >= 0.6 is 11.6 Å². The van der Waals surface area contributed by atoms with Crippen LogP contribution in [-0.4, -0.2) is 16.5 Å². The Morgan fingerprint density at radius 3 is 2.78 bits per heavy atom. The van der Waals surface area contributed by atoms with Crippen molar-refractivity contribution in [1.82, 2.24) is 10.2 Å². The first-order valence-electron chi connectivity index (χ1n) is 7.15. The fraction of sp³-hybridized carbons (Fsp3) is 0.111. The zero-order valence-corrected chi connectivity index (χ0v) is 13.3. The summed E-state index contributed by atoms with van der Waals surface area (Å²) in [6, 6.07) is 13.5. The van der Waals surface area contributed by atoms with E-state index in [-0.39, 0.29) is 0 Å². The molecule has 116 valence electrons. The molecule has 0 saturated heterocycles. The third-order valence-electron chi connectivity index (χ3n) is 3.53. The maximum absolute atomic E-state index is 11.2. The van der Waals surface area contributed by atoms with Gasteiger partial charge in [-0.1, -0.05) is 41.9 Å². The Kier molecular flexibility index (Phi) is 4.44. The van der Waals surface area contributed by atoms with Gasteiger partial charge in [0, 0.05) is 10.6 Å². The van der Waals surface area contributed by atoms with Gasteiger partial charge < -0.3 is 4.74 Å². The number of benzene rings is 2. The molecule has 23 heavy (non-hydrogen) atoms. The first-order valence-corrected chi connectivity index (χ1v) is 7.52. The molecule has 0 radical (unpaired) electrons. The van der Waals surface area contributed by atoms with E-state index >= 15 is 0 Å². The molecular weight excluding hydrogens is 312 g/mol. The van der Waals surface area contributed by atoms with Crippen molar-refractivity contribution in [3.8, 4) is 17.0 Å². The van der Waals surface area contributed by atoms with Gasteiger partial charge in [0.05, 0.1) is 17.5 Å². The molecule has 0 bridgehead atoms. The Balaban J connectivity index is 2.00. The average molecular weight is 327 g/mol. The van der Waals surface area contributed by atoms with E-state index in [1.807, 2.05) is 43.3 Å². The lowest BCUT2D eigenvalue weighted by molar-refractivity contribution is 0.112. The maximum Gasteiger partial charge on any atom is 0.153 e. The summed E-state index contributed by atoms with van der Waals surface area (Å²) in [7, 11) is 0. The number of hydrogen-bond acceptors (Lipinski definition) is 3. The highest BCUT2D eigenvalue weighted by Gasteiger charge is 2.16. The van der Waals surface area contributed by atoms with Crippen molar-refractivity contribution in [3.63, 3.8) is 0 Å². The number of carbonyl (C=O) groups excluding carboxylic acids is 1. The van der Waals surface area contributed by atoms with Gasteiger partial charge in [-0.2, -0.15) is 5.10 Å². The highest BCUT2D eigenvalue weighted by molar-refractivity contribution is 6.31. The number of rotatable bonds is 5. The molecule has 2 aromatic carbocycles. The second-order valence-electron chi connectivity index (χ2n) is 5.19. The van der Waals surface area contributed by atoms with E-state index in [0.29, 0.717) is 28.6 Å². The van der Waals surface area contributed by atoms with Crippen LogP contribution in [0, 0.1) is 6.92 Å². The predicted molar refractivity (Wildman–Crippen MR) is 89.9 cm³/mol. The van der Waals surface area contributed by atoms with Crippen LogP contribution in [0.2, 0.25) is 5.02 Å². The Hall–Kier alpha value is -2.59. The molecule has 0 aliphatic heterocycles. The number of aryl methyl sites for hydroxylation is 1. The van der Waals surface area contributed by atoms with Crippen molar-refractivity contribution in [1.29, 1.82) is 0 Å². The average Bonchev–Trinajstić information content (AvgIpc) is 3.03. The van der Waals surface area contributed by atoms with Crippen LogP contribution in [0.15, 0.2) is 48.7 Å². The summed E-state index contributed by atoms with van der Waals surface area (Å²) in [6.45, 7) is 2.35. The van der Waals surface area contributed by atoms with E-state index in [4.69, 9.17) is 16.3 Å². The topological polar surface area (TPSA) is 55.0 Å². The number of H-pyrrole nitrogens is 1. The highest BCUT2D eigenvalue weighted by atomic mass is 35.5. The molecule has 0 unspecified atom stereocenters. The molecule has 3 rings (SSSR count). The molecule has 4 nitrogen and oxygen atoms in total. The second-order valence-corrected chi connectivity index (χ2v) is 5.63. The number of hydrogen-bond donors (Lipinski definition) is 1. The Bertz CT molecular complexity index is 828. The van der Waals surface area contributed by atoms with Crippen LogP contribution in [0.3, 0.4) is 0 Å². The molecule has 0 aliphatic carbocycles. The molecule has 3 aromatic rings. The minimum absolute atomic E-state index is 0.431. The monoisotopic (exact) mass is 326 g/mol. The van der Waals surface area contributed by atoms with Gasteiger partial charge in [0.1, 0.15) is 12.4 Å². The molecule has 0 atom stereocenters. The number of ether oxygens (including phenoxy) is 1. The van der Waals surface area contributed by atoms with Crippen LogP contribution in [-0.2, 0) is 6.61 Å². The number of aldehydes is 1. The summed E-state index contributed by atoms with van der Waals surface area (Å²) < 4.78 is 6.01. The van der Waals surface area contributed by atoms with Crippen LogP contribution < -0.4 is 4.74 Å². The van der Waals surface area contributed by atoms with Crippen molar-refractivity contribution in [3.05, 3.63) is 70.4 Å². The van der Waals surface area contributed by atoms with Gasteiger partial charge in [0.25, 0.3) is 0 Å². The molecular formula is C18H15ClN2O2. The molecule has 5 heteroatoms. The number of aromatic nitrogens is 2. The minimum atomic E-state index is 0.431. The van der Waals surface area contributed by atoms with Crippen LogP contribution in [0.4, 0.5) is 0 Å². The lowest BCUT2D eigenvalue weighted by atomic mass is 10.0. The maximum atomic E-state index is 11.2. The standard InChI is InChI=1S/C18H15ClN2O2/c1-12-7-15(19)8-16(17-14(10-22)9-20-21-17)18(12)23-11-13-5-3-2-4-6-13/h2-10H,11H2,1H3,(H,20,21). The van der Waals surface area contributed by atoms with Gasteiger partial charge in [-0.05, 0) is 30.2 Å². The summed E-state index contributed by atoms with van der Waals surface area (Å²) in [5.74, 6) is 0.686. The molecule has 0 fully saturated rings. The van der Waals surface area contributed by atoms with Crippen LogP contribution in [0.1, 0.15) is 21.5 Å². The van der Waals surface area contributed by atoms with Crippen LogP contribution in [0.5, 0.6) is 5.75 Å². The zero-order chi connectivity index (χ0) is 16.2. The quantitative estimate of drug-likeness (QED) is 0.706. The molecule has 0 spiro atoms. The van der Waals surface area contributed by atoms with Gasteiger partial charge in [0.2, 0.25) is 0 Å². The smallest absolute Gasteiger partial charge is 0.153 e. The Labute approximate surface area is 139 Å². The Morgan fingerprint density at radius 2 is 2.04 bits per heavy atom. The van der Waals surface area contributed by atoms with E-state index < -0.39 is 0 Å². The third-order valence-corrected chi connectivity index (χ3v) is 3.75. The molecule has 0 amide bonds. The summed E-state index contributed by atoms with van der Waals surface area (Å²) in [4.78, 5) is 11.2. The van der Waals surface area contributed by atoms with E-state index in [1.54, 1.807) is 6.07 Å². The van der Waals surface area contributed by atoms with Gasteiger partial charge in [0.15, 0.2) is 6.29 Å². The number of aromatic amines is 1. The summed E-state index contributed by atoms with van der Waals surface area (Å²) in [5.41, 5.74) is 3.76. The summed E-state index contributed by atoms with van der Waals surface area (Å²) >= 11 is 6.17. The normalized spacial score (nSPS) is 10.5. The highest BCUT2D eigenvalue weighted by Crippen LogP contribution is 2.36. The summed E-state index contributed by atoms with van der Waals surface area (Å²) in [6.07, 6.45) is 2.25. The largest absolute Gasteiger partial charge is 0.488 e. The zero-order valence-electron chi connectivity index (χ0n) is 12.5. The van der Waals surface area contributed by atoms with E-state index in [0.717, 1.165) is 23.0 Å². The number of carbonyl (C=O) groups is 1. The molecule has 1 N–H and O–H groups in total. The second kappa shape index (κ2) is 6.67. The lowest BCUT2D eigenvalue weighted by Crippen LogP contribution is -2.00. The van der Waals surface area contributed by atoms with E-state index in [1.165, 1.54) is 6.20 Å². The fourth-order valence-corrected chi connectivity index (χ4v) is 2.71. The number of nitrogens with zero attached hydrogens (tertiary/aromatic N) is 1. The van der Waals surface area contributed by atoms with Crippen molar-refractivity contribution in [2.24, 2.45) is 0 Å². The van der Waals surface area contributed by atoms with Crippen LogP contribution in [0.25, 0.3) is 11.3 Å². The number of nitrogens with one attached hydrogen (secondary N) is 1. The molecule has 0 aliphatic rings. The third kappa shape index (κ3) is 3.27. The predicted octanol–water partition coefficient (Wildman–Crippen LogP) is 4.43. The first kappa shape index (κ1) is 15.3. The number of halogens is 1. The van der Waals surface area contributed by atoms with Crippen molar-refractivity contribution >= 4 is 17.9 Å². The Morgan fingerprint density at radius 1 is 1.26 bits per heavy atom. The van der Waals surface area contributed by atoms with E-state index in [2.05, 4.69) is 10.2 Å². The van der Waals surface area contributed by atoms with Gasteiger partial charge in [-0.15, -0.1) is 0 Å². The first-order chi connectivity index (χ1) is 11.2. The molecule has 1 heterocycles. The van der Waals surface area contributed by atoms with E-state index in [9.17, 15) is 4.79 Å². The van der Waals surface area contributed by atoms with Gasteiger partial charge in [-0.25, -0.2) is 0 Å². The van der Waals surface area contributed by atoms with Gasteiger partial charge in [-0.3, -0.25) is 9.89 Å². The molecule has 1 aromatic heterocycles. The summed E-state index contributed by atoms with van der Waals surface area (Å²) in [5, 5.41) is 7.36. The van der Waals surface area contributed by atoms with Crippen molar-refractivity contribution in [2.75, 3.05) is 0 Å². The minimum Gasteiger partial charge on any atom is -0.488 e.